The van der Waals surface area contributed by atoms with Crippen molar-refractivity contribution in [2.75, 3.05) is 0 Å². The zero-order chi connectivity index (χ0) is 22.1. The van der Waals surface area contributed by atoms with E-state index in [-0.39, 0.29) is 30.5 Å². The topological polar surface area (TPSA) is 48.7 Å². The highest BCUT2D eigenvalue weighted by Gasteiger charge is 2.23. The molecular formula is C26H20F2O4. The van der Waals surface area contributed by atoms with Crippen LogP contribution in [0.4, 0.5) is 8.78 Å². The summed E-state index contributed by atoms with van der Waals surface area (Å²) in [6, 6.07) is 15.7. The minimum Gasteiger partial charge on any atom is -0.485 e. The van der Waals surface area contributed by atoms with Crippen molar-refractivity contribution in [1.82, 2.24) is 0 Å². The van der Waals surface area contributed by atoms with Gasteiger partial charge in [-0.15, -0.1) is 0 Å². The van der Waals surface area contributed by atoms with E-state index < -0.39 is 0 Å². The van der Waals surface area contributed by atoms with Gasteiger partial charge in [0, 0.05) is 10.9 Å². The summed E-state index contributed by atoms with van der Waals surface area (Å²) in [7, 11) is 0. The minimum atomic E-state index is -0.354. The van der Waals surface area contributed by atoms with Crippen molar-refractivity contribution in [3.63, 3.8) is 0 Å². The van der Waals surface area contributed by atoms with Crippen molar-refractivity contribution in [3.05, 3.63) is 105 Å². The Morgan fingerprint density at radius 3 is 2.00 bits per heavy atom. The lowest BCUT2D eigenvalue weighted by atomic mass is 10.1. The molecule has 0 saturated heterocycles. The van der Waals surface area contributed by atoms with E-state index in [1.54, 1.807) is 30.3 Å². The van der Waals surface area contributed by atoms with Gasteiger partial charge in [0.05, 0.1) is 0 Å². The molecule has 0 atom stereocenters. The summed E-state index contributed by atoms with van der Waals surface area (Å²) in [6.07, 6.45) is 2.43. The molecule has 162 valence electrons. The van der Waals surface area contributed by atoms with E-state index in [4.69, 9.17) is 13.9 Å². The lowest BCUT2D eigenvalue weighted by Crippen LogP contribution is -2.08. The Balaban J connectivity index is 1.53. The van der Waals surface area contributed by atoms with Crippen LogP contribution in [-0.2, 0) is 26.1 Å². The highest BCUT2D eigenvalue weighted by molar-refractivity contribution is 5.89. The summed E-state index contributed by atoms with van der Waals surface area (Å²) >= 11 is 0. The average molecular weight is 434 g/mol. The summed E-state index contributed by atoms with van der Waals surface area (Å²) < 4.78 is 44.2. The lowest BCUT2D eigenvalue weighted by Gasteiger charge is -2.16. The molecule has 1 aromatic heterocycles. The van der Waals surface area contributed by atoms with Crippen LogP contribution in [0.5, 0.6) is 11.5 Å². The van der Waals surface area contributed by atoms with Gasteiger partial charge < -0.3 is 13.9 Å². The first-order chi connectivity index (χ1) is 15.6. The van der Waals surface area contributed by atoms with Gasteiger partial charge in [-0.2, -0.15) is 0 Å². The molecule has 0 radical (unpaired) electrons. The molecule has 5 rings (SSSR count). The van der Waals surface area contributed by atoms with Crippen molar-refractivity contribution in [2.45, 2.75) is 32.5 Å². The van der Waals surface area contributed by atoms with Gasteiger partial charge in [-0.3, -0.25) is 0 Å². The second-order valence-corrected chi connectivity index (χ2v) is 7.80. The van der Waals surface area contributed by atoms with Crippen molar-refractivity contribution < 1.29 is 22.7 Å². The van der Waals surface area contributed by atoms with Crippen LogP contribution in [0.25, 0.3) is 11.0 Å². The standard InChI is InChI=1S/C26H20F2O4/c27-18-8-4-16(5-9-18)14-30-23-13-12-21-20-2-1-3-22(20)26(29)32-24(21)25(23)31-15-17-6-10-19(28)11-7-17/h4-13H,1-3,14-15H2. The quantitative estimate of drug-likeness (QED) is 0.364. The summed E-state index contributed by atoms with van der Waals surface area (Å²) in [5.41, 5.74) is 3.25. The molecule has 6 heteroatoms. The van der Waals surface area contributed by atoms with E-state index in [0.29, 0.717) is 23.5 Å². The van der Waals surface area contributed by atoms with Gasteiger partial charge in [0.1, 0.15) is 24.8 Å². The molecule has 1 aliphatic rings. The molecule has 0 amide bonds. The third kappa shape index (κ3) is 3.96. The highest BCUT2D eigenvalue weighted by Crippen LogP contribution is 2.39. The predicted octanol–water partition coefficient (Wildman–Crippen LogP) is 5.72. The van der Waals surface area contributed by atoms with Crippen LogP contribution in [0.2, 0.25) is 0 Å². The first kappa shape index (κ1) is 20.2. The maximum atomic E-state index is 13.2. The number of aryl methyl sites for hydroxylation is 1. The minimum absolute atomic E-state index is 0.146. The smallest absolute Gasteiger partial charge is 0.339 e. The van der Waals surface area contributed by atoms with E-state index >= 15 is 0 Å². The van der Waals surface area contributed by atoms with Crippen molar-refractivity contribution in [1.29, 1.82) is 0 Å². The van der Waals surface area contributed by atoms with Crippen LogP contribution >= 0.6 is 0 Å². The SMILES string of the molecule is O=c1oc2c(OCc3ccc(F)cc3)c(OCc3ccc(F)cc3)ccc2c2c1CCC2. The number of halogens is 2. The number of ether oxygens (including phenoxy) is 2. The van der Waals surface area contributed by atoms with Gasteiger partial charge >= 0.3 is 5.63 Å². The molecule has 0 unspecified atom stereocenters. The molecule has 1 heterocycles. The van der Waals surface area contributed by atoms with E-state index in [1.165, 1.54) is 24.3 Å². The van der Waals surface area contributed by atoms with Crippen LogP contribution in [0, 0.1) is 11.6 Å². The molecule has 0 saturated carbocycles. The largest absolute Gasteiger partial charge is 0.485 e. The molecule has 1 aliphatic carbocycles. The molecule has 0 aliphatic heterocycles. The Kier molecular flexibility index (Phi) is 5.35. The van der Waals surface area contributed by atoms with Gasteiger partial charge in [-0.25, -0.2) is 13.6 Å². The summed E-state index contributed by atoms with van der Waals surface area (Å²) in [6.45, 7) is 0.334. The van der Waals surface area contributed by atoms with E-state index in [2.05, 4.69) is 0 Å². The Morgan fingerprint density at radius 1 is 0.750 bits per heavy atom. The summed E-state index contributed by atoms with van der Waals surface area (Å²) in [4.78, 5) is 12.6. The van der Waals surface area contributed by atoms with E-state index in [0.717, 1.165) is 40.5 Å². The summed E-state index contributed by atoms with van der Waals surface area (Å²) in [5, 5.41) is 0.834. The van der Waals surface area contributed by atoms with Gasteiger partial charge in [0.25, 0.3) is 0 Å². The average Bonchev–Trinajstić information content (AvgIpc) is 3.30. The Labute approximate surface area is 183 Å². The van der Waals surface area contributed by atoms with Gasteiger partial charge in [0.15, 0.2) is 11.3 Å². The monoisotopic (exact) mass is 434 g/mol. The molecule has 4 aromatic rings. The fourth-order valence-electron chi connectivity index (χ4n) is 4.03. The normalized spacial score (nSPS) is 12.7. The van der Waals surface area contributed by atoms with Crippen LogP contribution < -0.4 is 15.1 Å². The van der Waals surface area contributed by atoms with Crippen molar-refractivity contribution in [3.8, 4) is 11.5 Å². The fraction of sp³-hybridized carbons (Fsp3) is 0.192. The first-order valence-corrected chi connectivity index (χ1v) is 10.4. The molecular weight excluding hydrogens is 414 g/mol. The third-order valence-electron chi connectivity index (χ3n) is 5.66. The second-order valence-electron chi connectivity index (χ2n) is 7.80. The number of hydrogen-bond acceptors (Lipinski definition) is 4. The van der Waals surface area contributed by atoms with Crippen LogP contribution in [0.1, 0.15) is 28.7 Å². The zero-order valence-corrected chi connectivity index (χ0v) is 17.2. The fourth-order valence-corrected chi connectivity index (χ4v) is 4.03. The molecule has 0 spiro atoms. The number of benzene rings is 3. The molecule has 0 bridgehead atoms. The van der Waals surface area contributed by atoms with Crippen LogP contribution in [0.3, 0.4) is 0 Å². The maximum Gasteiger partial charge on any atom is 0.339 e. The molecule has 3 aromatic carbocycles. The van der Waals surface area contributed by atoms with Crippen molar-refractivity contribution in [2.24, 2.45) is 0 Å². The molecule has 0 N–H and O–H groups in total. The molecule has 4 nitrogen and oxygen atoms in total. The maximum absolute atomic E-state index is 13.2. The molecule has 0 fully saturated rings. The first-order valence-electron chi connectivity index (χ1n) is 10.4. The predicted molar refractivity (Wildman–Crippen MR) is 116 cm³/mol. The van der Waals surface area contributed by atoms with E-state index in [9.17, 15) is 13.6 Å². The van der Waals surface area contributed by atoms with Gasteiger partial charge in [0.2, 0.25) is 5.75 Å². The van der Waals surface area contributed by atoms with Gasteiger partial charge in [-0.1, -0.05) is 24.3 Å². The number of fused-ring (bicyclic) bond motifs is 3. The number of rotatable bonds is 6. The lowest BCUT2D eigenvalue weighted by molar-refractivity contribution is 0.255. The van der Waals surface area contributed by atoms with Gasteiger partial charge in [-0.05, 0) is 72.4 Å². The summed E-state index contributed by atoms with van der Waals surface area (Å²) in [5.74, 6) is 0.0768. The Bertz CT molecular complexity index is 1330. The Hall–Kier alpha value is -3.67. The van der Waals surface area contributed by atoms with E-state index in [1.807, 2.05) is 6.07 Å². The Morgan fingerprint density at radius 2 is 1.34 bits per heavy atom. The van der Waals surface area contributed by atoms with Crippen LogP contribution in [0.15, 0.2) is 69.9 Å². The third-order valence-corrected chi connectivity index (χ3v) is 5.66. The molecule has 32 heavy (non-hydrogen) atoms. The second kappa shape index (κ2) is 8.46. The number of hydrogen-bond donors (Lipinski definition) is 0. The highest BCUT2D eigenvalue weighted by atomic mass is 19.1. The van der Waals surface area contributed by atoms with Crippen molar-refractivity contribution >= 4 is 11.0 Å². The zero-order valence-electron chi connectivity index (χ0n) is 17.2. The van der Waals surface area contributed by atoms with Crippen LogP contribution in [-0.4, -0.2) is 0 Å².